The molecule has 0 aliphatic carbocycles. The van der Waals surface area contributed by atoms with Gasteiger partial charge >= 0.3 is 0 Å². The highest BCUT2D eigenvalue weighted by atomic mass is 79.9. The largest absolute Gasteiger partial charge is 0.349 e. The van der Waals surface area contributed by atoms with E-state index in [9.17, 15) is 9.18 Å². The number of amides is 1. The summed E-state index contributed by atoms with van der Waals surface area (Å²) in [5.41, 5.74) is 2.08. The molecule has 2 nitrogen and oxygen atoms in total. The number of carbonyl (C=O) groups excluding carboxylic acids is 1. The van der Waals surface area contributed by atoms with Crippen molar-refractivity contribution in [1.29, 1.82) is 0 Å². The smallest absolute Gasteiger partial charge is 0.230 e. The molecule has 1 amide bonds. The monoisotopic (exact) mass is 381 g/mol. The van der Waals surface area contributed by atoms with Crippen molar-refractivity contribution < 1.29 is 9.18 Å². The summed E-state index contributed by atoms with van der Waals surface area (Å²) in [5, 5.41) is 2.98. The molecule has 0 radical (unpaired) electrons. The summed E-state index contributed by atoms with van der Waals surface area (Å²) in [4.78, 5) is 11.9. The van der Waals surface area contributed by atoms with Crippen LogP contribution in [0.2, 0.25) is 0 Å². The van der Waals surface area contributed by atoms with Crippen molar-refractivity contribution in [3.63, 3.8) is 0 Å². The van der Waals surface area contributed by atoms with Crippen LogP contribution in [0, 0.1) is 5.82 Å². The van der Waals surface area contributed by atoms with Crippen LogP contribution in [0.25, 0.3) is 0 Å². The lowest BCUT2D eigenvalue weighted by atomic mass is 10.1. The van der Waals surface area contributed by atoms with Gasteiger partial charge < -0.3 is 5.32 Å². The molecule has 22 heavy (non-hydrogen) atoms. The number of halogens is 2. The van der Waals surface area contributed by atoms with E-state index >= 15 is 0 Å². The fourth-order valence-corrected chi connectivity index (χ4v) is 3.02. The summed E-state index contributed by atoms with van der Waals surface area (Å²) in [5.74, 6) is 0.843. The van der Waals surface area contributed by atoms with E-state index in [2.05, 4.69) is 21.2 Å². The minimum absolute atomic E-state index is 0.00234. The Labute approximate surface area is 142 Å². The Hall–Kier alpha value is -1.33. The predicted molar refractivity (Wildman–Crippen MR) is 93.3 cm³/mol. The van der Waals surface area contributed by atoms with Gasteiger partial charge in [-0.2, -0.15) is 0 Å². The highest BCUT2D eigenvalue weighted by molar-refractivity contribution is 9.10. The predicted octanol–water partition coefficient (Wildman–Crippen LogP) is 4.70. The first kappa shape index (κ1) is 17.0. The zero-order chi connectivity index (χ0) is 15.9. The normalized spacial score (nSPS) is 12.0. The van der Waals surface area contributed by atoms with E-state index < -0.39 is 0 Å². The molecule has 2 rings (SSSR count). The zero-order valence-electron chi connectivity index (χ0n) is 12.2. The van der Waals surface area contributed by atoms with Gasteiger partial charge in [0.25, 0.3) is 0 Å². The van der Waals surface area contributed by atoms with Crippen molar-refractivity contribution in [2.75, 3.05) is 5.75 Å². The third-order valence-electron chi connectivity index (χ3n) is 3.16. The van der Waals surface area contributed by atoms with E-state index in [0.717, 1.165) is 15.6 Å². The Kier molecular flexibility index (Phi) is 6.46. The summed E-state index contributed by atoms with van der Waals surface area (Å²) >= 11 is 4.91. The van der Waals surface area contributed by atoms with Gasteiger partial charge in [0.15, 0.2) is 0 Å². The minimum atomic E-state index is -0.241. The van der Waals surface area contributed by atoms with Gasteiger partial charge in [0.05, 0.1) is 11.8 Å². The number of nitrogens with one attached hydrogen (secondary N) is 1. The summed E-state index contributed by atoms with van der Waals surface area (Å²) in [6.07, 6.45) is 0. The lowest BCUT2D eigenvalue weighted by molar-refractivity contribution is -0.119. The second-order valence-electron chi connectivity index (χ2n) is 4.96. The number of hydrogen-bond donors (Lipinski definition) is 1. The van der Waals surface area contributed by atoms with Crippen LogP contribution in [-0.2, 0) is 10.5 Å². The molecule has 0 bridgehead atoms. The van der Waals surface area contributed by atoms with Gasteiger partial charge in [0.1, 0.15) is 5.82 Å². The molecule has 116 valence electrons. The standard InChI is InChI=1S/C17H17BrFNOS/c1-12(14-4-6-15(18)7-5-14)20-17(21)11-22-10-13-2-8-16(19)9-3-13/h2-9,12H,10-11H2,1H3,(H,20,21)/t12-/m1/s1. The maximum absolute atomic E-state index is 12.8. The molecule has 0 aromatic heterocycles. The van der Waals surface area contributed by atoms with Crippen molar-refractivity contribution in [1.82, 2.24) is 5.32 Å². The van der Waals surface area contributed by atoms with Gasteiger partial charge in [-0.3, -0.25) is 4.79 Å². The highest BCUT2D eigenvalue weighted by Crippen LogP contribution is 2.17. The molecule has 0 unspecified atom stereocenters. The van der Waals surface area contributed by atoms with Crippen LogP contribution in [0.15, 0.2) is 53.0 Å². The highest BCUT2D eigenvalue weighted by Gasteiger charge is 2.09. The van der Waals surface area contributed by atoms with Crippen LogP contribution >= 0.6 is 27.7 Å². The van der Waals surface area contributed by atoms with E-state index in [4.69, 9.17) is 0 Å². The van der Waals surface area contributed by atoms with Gasteiger partial charge in [-0.15, -0.1) is 11.8 Å². The van der Waals surface area contributed by atoms with Crippen molar-refractivity contribution >= 4 is 33.6 Å². The third kappa shape index (κ3) is 5.46. The molecule has 5 heteroatoms. The average Bonchev–Trinajstić information content (AvgIpc) is 2.50. The number of rotatable bonds is 6. The van der Waals surface area contributed by atoms with Gasteiger partial charge in [-0.1, -0.05) is 40.2 Å². The fourth-order valence-electron chi connectivity index (χ4n) is 1.96. The Balaban J connectivity index is 1.75. The van der Waals surface area contributed by atoms with Crippen LogP contribution < -0.4 is 5.32 Å². The van der Waals surface area contributed by atoms with Gasteiger partial charge in [-0.05, 0) is 42.3 Å². The van der Waals surface area contributed by atoms with Crippen molar-refractivity contribution in [3.8, 4) is 0 Å². The Morgan fingerprint density at radius 1 is 1.18 bits per heavy atom. The summed E-state index contributed by atoms with van der Waals surface area (Å²) < 4.78 is 13.8. The number of hydrogen-bond acceptors (Lipinski definition) is 2. The molecule has 1 atom stereocenters. The summed E-state index contributed by atoms with van der Waals surface area (Å²) in [7, 11) is 0. The SMILES string of the molecule is C[C@@H](NC(=O)CSCc1ccc(F)cc1)c1ccc(Br)cc1. The minimum Gasteiger partial charge on any atom is -0.349 e. The Bertz CT molecular complexity index is 616. The van der Waals surface area contributed by atoms with E-state index in [-0.39, 0.29) is 17.8 Å². The van der Waals surface area contributed by atoms with E-state index in [1.807, 2.05) is 31.2 Å². The van der Waals surface area contributed by atoms with Gasteiger partial charge in [0, 0.05) is 10.2 Å². The molecule has 0 fully saturated rings. The summed E-state index contributed by atoms with van der Waals surface area (Å²) in [6.45, 7) is 1.96. The van der Waals surface area contributed by atoms with Crippen molar-refractivity contribution in [2.45, 2.75) is 18.7 Å². The molecule has 0 saturated carbocycles. The van der Waals surface area contributed by atoms with E-state index in [1.165, 1.54) is 23.9 Å². The average molecular weight is 382 g/mol. The second-order valence-corrected chi connectivity index (χ2v) is 6.86. The molecule has 0 aliphatic rings. The quantitative estimate of drug-likeness (QED) is 0.785. The van der Waals surface area contributed by atoms with Crippen LogP contribution in [-0.4, -0.2) is 11.7 Å². The van der Waals surface area contributed by atoms with E-state index in [1.54, 1.807) is 12.1 Å². The lowest BCUT2D eigenvalue weighted by Crippen LogP contribution is -2.28. The molecule has 1 N–H and O–H groups in total. The molecule has 0 spiro atoms. The number of thioether (sulfide) groups is 1. The molecule has 0 heterocycles. The van der Waals surface area contributed by atoms with Crippen LogP contribution in [0.4, 0.5) is 4.39 Å². The third-order valence-corrected chi connectivity index (χ3v) is 4.70. The second kappa shape index (κ2) is 8.34. The fraction of sp³-hybridized carbons (Fsp3) is 0.235. The Morgan fingerprint density at radius 2 is 1.82 bits per heavy atom. The molecular weight excluding hydrogens is 365 g/mol. The first-order valence-electron chi connectivity index (χ1n) is 6.91. The van der Waals surface area contributed by atoms with Crippen molar-refractivity contribution in [3.05, 3.63) is 69.9 Å². The van der Waals surface area contributed by atoms with Gasteiger partial charge in [-0.25, -0.2) is 4.39 Å². The maximum atomic E-state index is 12.8. The molecule has 0 aliphatic heterocycles. The van der Waals surface area contributed by atoms with Gasteiger partial charge in [0.2, 0.25) is 5.91 Å². The number of benzene rings is 2. The first-order chi connectivity index (χ1) is 10.5. The maximum Gasteiger partial charge on any atom is 0.230 e. The van der Waals surface area contributed by atoms with Crippen LogP contribution in [0.1, 0.15) is 24.1 Å². The molecule has 0 saturated heterocycles. The molecule has 2 aromatic rings. The van der Waals surface area contributed by atoms with E-state index in [0.29, 0.717) is 11.5 Å². The van der Waals surface area contributed by atoms with Crippen LogP contribution in [0.3, 0.4) is 0 Å². The molecule has 2 aromatic carbocycles. The Morgan fingerprint density at radius 3 is 2.45 bits per heavy atom. The number of carbonyl (C=O) groups is 1. The zero-order valence-corrected chi connectivity index (χ0v) is 14.6. The lowest BCUT2D eigenvalue weighted by Gasteiger charge is -2.14. The summed E-state index contributed by atoms with van der Waals surface area (Å²) in [6, 6.07) is 14.2. The first-order valence-corrected chi connectivity index (χ1v) is 8.86. The van der Waals surface area contributed by atoms with Crippen LogP contribution in [0.5, 0.6) is 0 Å². The molecular formula is C17H17BrFNOS. The van der Waals surface area contributed by atoms with Crippen molar-refractivity contribution in [2.24, 2.45) is 0 Å². The topological polar surface area (TPSA) is 29.1 Å².